The molecule has 1 aromatic carbocycles. The second-order valence-electron chi connectivity index (χ2n) is 2.46. The van der Waals surface area contributed by atoms with E-state index in [0.29, 0.717) is 5.56 Å². The fraction of sp³-hybridized carbons (Fsp3) is 0.222. The molecule has 1 aromatic rings. The Hall–Kier alpha value is -1.33. The van der Waals surface area contributed by atoms with Crippen molar-refractivity contribution in [3.63, 3.8) is 0 Å². The summed E-state index contributed by atoms with van der Waals surface area (Å²) in [6, 6.07) is 8.93. The molecule has 0 spiro atoms. The Morgan fingerprint density at radius 2 is 1.91 bits per heavy atom. The Labute approximate surface area is 66.3 Å². The number of rotatable bonds is 1. The van der Waals surface area contributed by atoms with Crippen LogP contribution in [-0.2, 0) is 0 Å². The van der Waals surface area contributed by atoms with Gasteiger partial charge in [0, 0.05) is 6.04 Å². The van der Waals surface area contributed by atoms with Crippen LogP contribution in [0.1, 0.15) is 24.1 Å². The zero-order chi connectivity index (χ0) is 8.27. The standard InChI is InChI=1S/C9H9N2/c1-7(11)9-4-2-8(6-10)3-5-9/h2-5,7,11H,1H3. The molecule has 1 unspecified atom stereocenters. The molecule has 0 saturated carbocycles. The van der Waals surface area contributed by atoms with Crippen LogP contribution in [0.3, 0.4) is 0 Å². The van der Waals surface area contributed by atoms with Gasteiger partial charge in [-0.05, 0) is 24.6 Å². The topological polar surface area (TPSA) is 47.6 Å². The first-order valence-corrected chi connectivity index (χ1v) is 3.45. The minimum Gasteiger partial charge on any atom is -0.250 e. The van der Waals surface area contributed by atoms with Crippen LogP contribution in [0.25, 0.3) is 0 Å². The van der Waals surface area contributed by atoms with Crippen molar-refractivity contribution in [1.29, 1.82) is 5.26 Å². The third-order valence-electron chi connectivity index (χ3n) is 1.54. The van der Waals surface area contributed by atoms with Gasteiger partial charge in [0.2, 0.25) is 0 Å². The van der Waals surface area contributed by atoms with Crippen molar-refractivity contribution in [2.45, 2.75) is 13.0 Å². The fourth-order valence-electron chi connectivity index (χ4n) is 0.846. The molecule has 1 radical (unpaired) electrons. The highest BCUT2D eigenvalue weighted by Crippen LogP contribution is 2.10. The molecule has 0 aliphatic carbocycles. The second-order valence-corrected chi connectivity index (χ2v) is 2.46. The van der Waals surface area contributed by atoms with Gasteiger partial charge in [-0.1, -0.05) is 12.1 Å². The quantitative estimate of drug-likeness (QED) is 0.595. The maximum atomic E-state index is 8.47. The van der Waals surface area contributed by atoms with Gasteiger partial charge in [0.05, 0.1) is 11.6 Å². The van der Waals surface area contributed by atoms with Crippen molar-refractivity contribution in [3.8, 4) is 6.07 Å². The summed E-state index contributed by atoms with van der Waals surface area (Å²) < 4.78 is 0. The zero-order valence-electron chi connectivity index (χ0n) is 6.33. The van der Waals surface area contributed by atoms with E-state index in [-0.39, 0.29) is 6.04 Å². The number of hydrogen-bond acceptors (Lipinski definition) is 1. The molecule has 0 saturated heterocycles. The second kappa shape index (κ2) is 3.18. The van der Waals surface area contributed by atoms with Gasteiger partial charge in [-0.2, -0.15) is 5.26 Å². The molecule has 1 rings (SSSR count). The summed E-state index contributed by atoms with van der Waals surface area (Å²) in [7, 11) is 0. The van der Waals surface area contributed by atoms with Gasteiger partial charge in [-0.3, -0.25) is 5.73 Å². The highest BCUT2D eigenvalue weighted by Gasteiger charge is 1.97. The van der Waals surface area contributed by atoms with Crippen molar-refractivity contribution >= 4 is 0 Å². The smallest absolute Gasteiger partial charge is 0.0991 e. The molecule has 55 valence electrons. The van der Waals surface area contributed by atoms with E-state index in [4.69, 9.17) is 11.0 Å². The van der Waals surface area contributed by atoms with Crippen molar-refractivity contribution in [3.05, 3.63) is 35.4 Å². The highest BCUT2D eigenvalue weighted by atomic mass is 14.6. The van der Waals surface area contributed by atoms with Gasteiger partial charge in [-0.25, -0.2) is 0 Å². The van der Waals surface area contributed by atoms with E-state index in [1.54, 1.807) is 19.1 Å². The zero-order valence-corrected chi connectivity index (χ0v) is 6.33. The van der Waals surface area contributed by atoms with Crippen LogP contribution in [0.15, 0.2) is 24.3 Å². The molecule has 0 heterocycles. The molecule has 0 aliphatic rings. The van der Waals surface area contributed by atoms with Gasteiger partial charge >= 0.3 is 0 Å². The summed E-state index contributed by atoms with van der Waals surface area (Å²) in [5.41, 5.74) is 8.96. The first-order chi connectivity index (χ1) is 5.24. The van der Waals surface area contributed by atoms with Gasteiger partial charge in [-0.15, -0.1) is 0 Å². The molecular formula is C9H9N2. The maximum Gasteiger partial charge on any atom is 0.0991 e. The van der Waals surface area contributed by atoms with Crippen LogP contribution in [0.2, 0.25) is 0 Å². The van der Waals surface area contributed by atoms with Gasteiger partial charge in [0.15, 0.2) is 0 Å². The van der Waals surface area contributed by atoms with E-state index in [2.05, 4.69) is 0 Å². The van der Waals surface area contributed by atoms with Crippen LogP contribution in [0.5, 0.6) is 0 Å². The first kappa shape index (κ1) is 7.77. The Kier molecular flexibility index (Phi) is 2.25. The van der Waals surface area contributed by atoms with Gasteiger partial charge < -0.3 is 0 Å². The lowest BCUT2D eigenvalue weighted by Crippen LogP contribution is -1.92. The minimum atomic E-state index is -0.206. The summed E-state index contributed by atoms with van der Waals surface area (Å²) in [5, 5.41) is 8.47. The van der Waals surface area contributed by atoms with Crippen LogP contribution in [-0.4, -0.2) is 0 Å². The molecule has 2 nitrogen and oxygen atoms in total. The minimum absolute atomic E-state index is 0.206. The monoisotopic (exact) mass is 145 g/mol. The lowest BCUT2D eigenvalue weighted by Gasteiger charge is -2.02. The third kappa shape index (κ3) is 1.79. The van der Waals surface area contributed by atoms with E-state index < -0.39 is 0 Å². The summed E-state index contributed by atoms with van der Waals surface area (Å²) in [5.74, 6) is 0. The predicted octanol–water partition coefficient (Wildman–Crippen LogP) is 1.90. The average molecular weight is 145 g/mol. The van der Waals surface area contributed by atoms with Crippen LogP contribution < -0.4 is 5.73 Å². The molecular weight excluding hydrogens is 136 g/mol. The molecule has 0 bridgehead atoms. The fourth-order valence-corrected chi connectivity index (χ4v) is 0.846. The van der Waals surface area contributed by atoms with Crippen molar-refractivity contribution in [2.24, 2.45) is 0 Å². The molecule has 1 N–H and O–H groups in total. The largest absolute Gasteiger partial charge is 0.250 e. The molecule has 11 heavy (non-hydrogen) atoms. The Balaban J connectivity index is 2.94. The Bertz CT molecular complexity index is 267. The number of benzene rings is 1. The molecule has 0 amide bonds. The van der Waals surface area contributed by atoms with Crippen molar-refractivity contribution < 1.29 is 0 Å². The number of hydrogen-bond donors (Lipinski definition) is 0. The van der Waals surface area contributed by atoms with Gasteiger partial charge in [0.1, 0.15) is 0 Å². The molecule has 2 heteroatoms. The van der Waals surface area contributed by atoms with E-state index in [0.717, 1.165) is 5.56 Å². The SMILES string of the molecule is CC([NH])c1ccc(C#N)cc1. The predicted molar refractivity (Wildman–Crippen MR) is 42.7 cm³/mol. The lowest BCUT2D eigenvalue weighted by atomic mass is 10.1. The lowest BCUT2D eigenvalue weighted by molar-refractivity contribution is 0.788. The molecule has 0 aromatic heterocycles. The normalized spacial score (nSPS) is 12.1. The summed E-state index contributed by atoms with van der Waals surface area (Å²) >= 11 is 0. The number of nitriles is 1. The third-order valence-corrected chi connectivity index (χ3v) is 1.54. The van der Waals surface area contributed by atoms with Gasteiger partial charge in [0.25, 0.3) is 0 Å². The van der Waals surface area contributed by atoms with Crippen LogP contribution in [0.4, 0.5) is 0 Å². The Morgan fingerprint density at radius 3 is 2.27 bits per heavy atom. The average Bonchev–Trinajstić information content (AvgIpc) is 2.05. The molecule has 0 fully saturated rings. The number of nitrogens with one attached hydrogen (secondary N) is 1. The highest BCUT2D eigenvalue weighted by molar-refractivity contribution is 5.32. The van der Waals surface area contributed by atoms with Crippen LogP contribution in [0, 0.1) is 11.3 Å². The first-order valence-electron chi connectivity index (χ1n) is 3.45. The molecule has 1 atom stereocenters. The van der Waals surface area contributed by atoms with Crippen molar-refractivity contribution in [1.82, 2.24) is 5.73 Å². The van der Waals surface area contributed by atoms with E-state index in [9.17, 15) is 0 Å². The van der Waals surface area contributed by atoms with Crippen LogP contribution >= 0.6 is 0 Å². The van der Waals surface area contributed by atoms with Crippen molar-refractivity contribution in [2.75, 3.05) is 0 Å². The van der Waals surface area contributed by atoms with E-state index in [1.165, 1.54) is 0 Å². The maximum absolute atomic E-state index is 8.47. The summed E-state index contributed by atoms with van der Waals surface area (Å²) in [6.07, 6.45) is 0. The summed E-state index contributed by atoms with van der Waals surface area (Å²) in [6.45, 7) is 1.81. The Morgan fingerprint density at radius 1 is 1.36 bits per heavy atom. The number of nitrogens with zero attached hydrogens (tertiary/aromatic N) is 1. The van der Waals surface area contributed by atoms with E-state index >= 15 is 0 Å². The van der Waals surface area contributed by atoms with E-state index in [1.807, 2.05) is 18.2 Å². The molecule has 0 aliphatic heterocycles. The summed E-state index contributed by atoms with van der Waals surface area (Å²) in [4.78, 5) is 0.